The maximum atomic E-state index is 2.62. The Balaban J connectivity index is 1.08. The van der Waals surface area contributed by atoms with Crippen molar-refractivity contribution < 1.29 is 0 Å². The van der Waals surface area contributed by atoms with E-state index in [0.29, 0.717) is 11.8 Å². The SMILES string of the molecule is C1=CC2CC2C(N(c2ccc3ccc4c(N(c5ccccc5)c5cccc6c5sc5ccccc56)ccc5ccc2c3c54)c2cccc3c2sc2ccccc23)=C1. The first-order chi connectivity index (χ1) is 28.3. The van der Waals surface area contributed by atoms with Crippen LogP contribution in [0.5, 0.6) is 0 Å². The lowest BCUT2D eigenvalue weighted by molar-refractivity contribution is 0.874. The first-order valence-electron chi connectivity index (χ1n) is 19.8. The highest BCUT2D eigenvalue weighted by Gasteiger charge is 2.42. The minimum absolute atomic E-state index is 0.529. The second kappa shape index (κ2) is 12.0. The number of thiophene rings is 2. The molecule has 2 unspecified atom stereocenters. The monoisotopic (exact) mass is 762 g/mol. The molecule has 11 aromatic rings. The molecule has 0 spiro atoms. The third-order valence-electron chi connectivity index (χ3n) is 12.5. The summed E-state index contributed by atoms with van der Waals surface area (Å²) in [7, 11) is 0. The van der Waals surface area contributed by atoms with E-state index >= 15 is 0 Å². The number of para-hydroxylation sites is 1. The van der Waals surface area contributed by atoms with Crippen molar-refractivity contribution in [3.05, 3.63) is 188 Å². The molecule has 1 fully saturated rings. The molecule has 0 aliphatic heterocycles. The summed E-state index contributed by atoms with van der Waals surface area (Å²) in [6, 6.07) is 61.1. The van der Waals surface area contributed by atoms with Crippen molar-refractivity contribution in [2.45, 2.75) is 6.42 Å². The average Bonchev–Trinajstić information content (AvgIpc) is 3.83. The van der Waals surface area contributed by atoms with Crippen LogP contribution in [0.1, 0.15) is 6.42 Å². The number of benzene rings is 9. The van der Waals surface area contributed by atoms with Crippen LogP contribution in [-0.4, -0.2) is 0 Å². The standard InChI is InChI=1S/C53H34N2S2/c1-2-12-35(13-3-1)54(46-19-9-16-38-36-14-4-6-21-48(36)56-52(38)46)44-29-25-32-24-28-41-45(30-26-33-23-27-40(44)50(32)51(33)41)55(43-18-8-11-34-31-42(34)43)47-20-10-17-39-37-15-5-7-22-49(37)57-53(39)47/h1-30,34,42H,31H2. The molecule has 0 radical (unpaired) electrons. The fourth-order valence-electron chi connectivity index (χ4n) is 9.80. The van der Waals surface area contributed by atoms with Crippen molar-refractivity contribution >= 4 is 124 Å². The van der Waals surface area contributed by atoms with Crippen LogP contribution in [0.3, 0.4) is 0 Å². The summed E-state index contributed by atoms with van der Waals surface area (Å²) >= 11 is 3.80. The van der Waals surface area contributed by atoms with Gasteiger partial charge in [-0.25, -0.2) is 0 Å². The summed E-state index contributed by atoms with van der Waals surface area (Å²) in [4.78, 5) is 5.11. The van der Waals surface area contributed by atoms with E-state index in [2.05, 4.69) is 192 Å². The Hall–Kier alpha value is -6.46. The van der Waals surface area contributed by atoms with Gasteiger partial charge in [-0.2, -0.15) is 0 Å². The van der Waals surface area contributed by atoms with Gasteiger partial charge in [0.15, 0.2) is 0 Å². The van der Waals surface area contributed by atoms with Crippen LogP contribution in [0.15, 0.2) is 188 Å². The number of nitrogens with zero attached hydrogens (tertiary/aromatic N) is 2. The zero-order valence-electron chi connectivity index (χ0n) is 30.9. The van der Waals surface area contributed by atoms with Gasteiger partial charge in [0.05, 0.1) is 32.1 Å². The fourth-order valence-corrected chi connectivity index (χ4v) is 12.2. The molecule has 57 heavy (non-hydrogen) atoms. The van der Waals surface area contributed by atoms with E-state index in [1.165, 1.54) is 108 Å². The van der Waals surface area contributed by atoms with Gasteiger partial charge in [0.25, 0.3) is 0 Å². The molecule has 13 rings (SSSR count). The van der Waals surface area contributed by atoms with Crippen LogP contribution in [0.4, 0.5) is 28.4 Å². The van der Waals surface area contributed by atoms with Crippen LogP contribution in [0.25, 0.3) is 72.7 Å². The molecule has 0 amide bonds. The van der Waals surface area contributed by atoms with Crippen LogP contribution in [-0.2, 0) is 0 Å². The van der Waals surface area contributed by atoms with Gasteiger partial charge in [0.2, 0.25) is 0 Å². The smallest absolute Gasteiger partial charge is 0.0640 e. The average molecular weight is 763 g/mol. The normalized spacial score (nSPS) is 16.4. The highest BCUT2D eigenvalue weighted by molar-refractivity contribution is 7.26. The third kappa shape index (κ3) is 4.63. The zero-order chi connectivity index (χ0) is 37.2. The van der Waals surface area contributed by atoms with E-state index in [1.54, 1.807) is 0 Å². The summed E-state index contributed by atoms with van der Waals surface area (Å²) < 4.78 is 5.29. The van der Waals surface area contributed by atoms with Gasteiger partial charge in [-0.1, -0.05) is 127 Å². The van der Waals surface area contributed by atoms with E-state index < -0.39 is 0 Å². The van der Waals surface area contributed by atoms with Crippen LogP contribution in [0.2, 0.25) is 0 Å². The number of hydrogen-bond donors (Lipinski definition) is 0. The van der Waals surface area contributed by atoms with Crippen molar-refractivity contribution in [1.82, 2.24) is 0 Å². The molecule has 2 heterocycles. The van der Waals surface area contributed by atoms with Crippen molar-refractivity contribution in [1.29, 1.82) is 0 Å². The molecule has 2 nitrogen and oxygen atoms in total. The number of anilines is 5. The first kappa shape index (κ1) is 31.7. The van der Waals surface area contributed by atoms with Crippen LogP contribution >= 0.6 is 22.7 Å². The van der Waals surface area contributed by atoms with Gasteiger partial charge >= 0.3 is 0 Å². The topological polar surface area (TPSA) is 6.48 Å². The van der Waals surface area contributed by atoms with E-state index in [1.807, 2.05) is 22.7 Å². The van der Waals surface area contributed by atoms with Gasteiger partial charge in [-0.05, 0) is 88.5 Å². The Bertz CT molecular complexity index is 3480. The van der Waals surface area contributed by atoms with Gasteiger partial charge in [0, 0.05) is 59.0 Å². The second-order valence-corrected chi connectivity index (χ2v) is 17.7. The number of hydrogen-bond acceptors (Lipinski definition) is 4. The Morgan fingerprint density at radius 1 is 0.421 bits per heavy atom. The van der Waals surface area contributed by atoms with Crippen molar-refractivity contribution in [2.24, 2.45) is 11.8 Å². The second-order valence-electron chi connectivity index (χ2n) is 15.6. The van der Waals surface area contributed by atoms with Crippen molar-refractivity contribution in [3.8, 4) is 0 Å². The lowest BCUT2D eigenvalue weighted by Gasteiger charge is -2.31. The maximum absolute atomic E-state index is 2.62. The van der Waals surface area contributed by atoms with E-state index in [0.717, 1.165) is 5.69 Å². The highest BCUT2D eigenvalue weighted by Crippen LogP contribution is 2.55. The van der Waals surface area contributed by atoms with E-state index in [-0.39, 0.29) is 0 Å². The Kier molecular flexibility index (Phi) is 6.69. The fraction of sp³-hybridized carbons (Fsp3) is 0.0566. The van der Waals surface area contributed by atoms with Crippen LogP contribution in [0, 0.1) is 11.8 Å². The summed E-state index contributed by atoms with van der Waals surface area (Å²) in [6.45, 7) is 0. The van der Waals surface area contributed by atoms with Gasteiger partial charge in [-0.15, -0.1) is 22.7 Å². The highest BCUT2D eigenvalue weighted by atomic mass is 32.1. The molecular weight excluding hydrogens is 729 g/mol. The molecule has 4 heteroatoms. The van der Waals surface area contributed by atoms with Gasteiger partial charge in [-0.3, -0.25) is 0 Å². The molecule has 268 valence electrons. The Morgan fingerprint density at radius 3 is 1.58 bits per heavy atom. The molecule has 9 aromatic carbocycles. The Morgan fingerprint density at radius 2 is 0.947 bits per heavy atom. The number of fused-ring (bicyclic) bond motifs is 7. The predicted octanol–water partition coefficient (Wildman–Crippen LogP) is 16.0. The lowest BCUT2D eigenvalue weighted by atomic mass is 9.91. The predicted molar refractivity (Wildman–Crippen MR) is 248 cm³/mol. The summed E-state index contributed by atoms with van der Waals surface area (Å²) in [5, 5.41) is 13.0. The molecule has 0 N–H and O–H groups in total. The number of allylic oxidation sites excluding steroid dienone is 4. The minimum Gasteiger partial charge on any atom is -0.312 e. The van der Waals surface area contributed by atoms with Gasteiger partial charge < -0.3 is 9.80 Å². The van der Waals surface area contributed by atoms with Gasteiger partial charge in [0.1, 0.15) is 0 Å². The third-order valence-corrected chi connectivity index (χ3v) is 14.9. The molecule has 2 aliphatic carbocycles. The zero-order valence-corrected chi connectivity index (χ0v) is 32.5. The maximum Gasteiger partial charge on any atom is 0.0640 e. The van der Waals surface area contributed by atoms with Crippen molar-refractivity contribution in [3.63, 3.8) is 0 Å². The lowest BCUT2D eigenvalue weighted by Crippen LogP contribution is -2.19. The molecule has 2 aromatic heterocycles. The molecular formula is C53H34N2S2. The Labute approximate surface area is 337 Å². The number of rotatable bonds is 6. The van der Waals surface area contributed by atoms with E-state index in [9.17, 15) is 0 Å². The summed E-state index contributed by atoms with van der Waals surface area (Å²) in [5.74, 6) is 1.15. The largest absolute Gasteiger partial charge is 0.312 e. The molecule has 2 atom stereocenters. The molecule has 0 saturated heterocycles. The summed E-state index contributed by atoms with van der Waals surface area (Å²) in [6.07, 6.45) is 8.27. The summed E-state index contributed by atoms with van der Waals surface area (Å²) in [5.41, 5.74) is 7.45. The minimum atomic E-state index is 0.529. The quantitative estimate of drug-likeness (QED) is 0.156. The van der Waals surface area contributed by atoms with Crippen LogP contribution < -0.4 is 9.80 Å². The van der Waals surface area contributed by atoms with Crippen molar-refractivity contribution in [2.75, 3.05) is 9.80 Å². The molecule has 0 bridgehead atoms. The van der Waals surface area contributed by atoms with E-state index in [4.69, 9.17) is 0 Å². The molecule has 2 aliphatic rings. The molecule has 1 saturated carbocycles. The first-order valence-corrected chi connectivity index (χ1v) is 21.5.